The van der Waals surface area contributed by atoms with E-state index in [-0.39, 0.29) is 25.0 Å². The van der Waals surface area contributed by atoms with Crippen LogP contribution in [0.3, 0.4) is 0 Å². The Morgan fingerprint density at radius 1 is 0.786 bits per heavy atom. The summed E-state index contributed by atoms with van der Waals surface area (Å²) >= 11 is 0. The van der Waals surface area contributed by atoms with Crippen LogP contribution in [0.15, 0.2) is 0 Å². The second-order valence-electron chi connectivity index (χ2n) is 2.51. The van der Waals surface area contributed by atoms with Gasteiger partial charge in [0, 0.05) is 6.92 Å². The lowest BCUT2D eigenvalue weighted by Crippen LogP contribution is -1.88. The predicted molar refractivity (Wildman–Crippen MR) is 57.1 cm³/mol. The van der Waals surface area contributed by atoms with Crippen molar-refractivity contribution in [2.24, 2.45) is 0 Å². The molecule has 0 heterocycles. The van der Waals surface area contributed by atoms with Gasteiger partial charge in [-0.25, -0.2) is 0 Å². The lowest BCUT2D eigenvalue weighted by atomic mass is 10.6. The zero-order valence-electron chi connectivity index (χ0n) is 9.13. The minimum Gasteiger partial charge on any atom is -0.469 e. The monoisotopic (exact) mass is 206 g/mol. The van der Waals surface area contributed by atoms with Gasteiger partial charge in [0.2, 0.25) is 0 Å². The zero-order valence-corrected chi connectivity index (χ0v) is 9.13. The van der Waals surface area contributed by atoms with Gasteiger partial charge in [-0.2, -0.15) is 0 Å². The Hall–Kier alpha value is -1.19. The third kappa shape index (κ3) is 1590. The molecule has 0 unspecified atom stereocenters. The lowest BCUT2D eigenvalue weighted by Gasteiger charge is -1.80. The molecule has 0 aliphatic carbocycles. The molecule has 0 radical (unpaired) electrons. The Labute approximate surface area is 86.6 Å². The van der Waals surface area contributed by atoms with Crippen LogP contribution < -0.4 is 0 Å². The molecule has 0 aliphatic rings. The molecular weight excluding hydrogens is 184 g/mol. The normalized spacial score (nSPS) is 6.14. The van der Waals surface area contributed by atoms with Crippen LogP contribution in [0.25, 0.3) is 0 Å². The molecule has 0 aromatic heterocycles. The van der Waals surface area contributed by atoms with Crippen molar-refractivity contribution >= 4 is 17.5 Å². The first kappa shape index (κ1) is 23.0. The highest BCUT2D eigenvalue weighted by Crippen LogP contribution is 1.60. The molecule has 0 aromatic rings. The fraction of sp³-hybridized carbons (Fsp3) is 0.700. The molecule has 0 spiro atoms. The molecule has 4 heteroatoms. The van der Waals surface area contributed by atoms with E-state index in [4.69, 9.17) is 0 Å². The van der Waals surface area contributed by atoms with Crippen LogP contribution in [0.4, 0.5) is 0 Å². The number of carbonyl (C=O) groups is 3. The van der Waals surface area contributed by atoms with Crippen molar-refractivity contribution in [2.45, 2.75) is 42.0 Å². The summed E-state index contributed by atoms with van der Waals surface area (Å²) in [5.41, 5.74) is 0. The van der Waals surface area contributed by atoms with Crippen LogP contribution in [0.5, 0.6) is 0 Å². The van der Waals surface area contributed by atoms with Crippen LogP contribution in [-0.2, 0) is 19.1 Å². The van der Waals surface area contributed by atoms with Gasteiger partial charge < -0.3 is 14.3 Å². The topological polar surface area (TPSA) is 60.4 Å². The van der Waals surface area contributed by atoms with E-state index in [9.17, 15) is 14.4 Å². The molecule has 0 amide bonds. The van der Waals surface area contributed by atoms with Crippen molar-refractivity contribution < 1.29 is 19.1 Å². The van der Waals surface area contributed by atoms with E-state index in [1.807, 2.05) is 0 Å². The van der Waals surface area contributed by atoms with Gasteiger partial charge in [-0.3, -0.25) is 4.79 Å². The summed E-state index contributed by atoms with van der Waals surface area (Å²) < 4.78 is 4.11. The number of methoxy groups -OCH3 is 1. The third-order valence-electron chi connectivity index (χ3n) is 0.287. The van der Waals surface area contributed by atoms with Gasteiger partial charge in [0.1, 0.15) is 11.6 Å². The summed E-state index contributed by atoms with van der Waals surface area (Å²) in [5.74, 6) is 0.0880. The fourth-order valence-corrected chi connectivity index (χ4v) is 0. The summed E-state index contributed by atoms with van der Waals surface area (Å²) in [6.07, 6.45) is 0. The third-order valence-corrected chi connectivity index (χ3v) is 0.287. The predicted octanol–water partition coefficient (Wildman–Crippen LogP) is 2.01. The molecule has 0 N–H and O–H groups in total. The number of hydrogen-bond acceptors (Lipinski definition) is 4. The summed E-state index contributed by atoms with van der Waals surface area (Å²) in [6.45, 7) is 7.47. The summed E-state index contributed by atoms with van der Waals surface area (Å²) in [4.78, 5) is 28.5. The summed E-state index contributed by atoms with van der Waals surface area (Å²) in [7, 11) is 1.35. The zero-order chi connectivity index (χ0) is 11.4. The van der Waals surface area contributed by atoms with Gasteiger partial charge in [0.15, 0.2) is 0 Å². The number of ketones is 2. The Kier molecular flexibility index (Phi) is 29.2. The molecule has 0 saturated carbocycles. The molecule has 0 aliphatic heterocycles. The van der Waals surface area contributed by atoms with Crippen molar-refractivity contribution in [3.8, 4) is 0 Å². The van der Waals surface area contributed by atoms with Crippen LogP contribution in [-0.4, -0.2) is 24.6 Å². The summed E-state index contributed by atoms with van der Waals surface area (Å²) in [5, 5.41) is 0. The largest absolute Gasteiger partial charge is 0.469 e. The van der Waals surface area contributed by atoms with Crippen LogP contribution in [0.2, 0.25) is 0 Å². The number of Topliss-reactive ketones (excluding diaryl/α,β-unsaturated/α-hetero) is 2. The number of rotatable bonds is 0. The quantitative estimate of drug-likeness (QED) is 0.569. The van der Waals surface area contributed by atoms with Crippen molar-refractivity contribution in [3.05, 3.63) is 0 Å². The highest BCUT2D eigenvalue weighted by atomic mass is 16.5. The first-order chi connectivity index (χ1) is 5.73. The Morgan fingerprint density at radius 2 is 0.857 bits per heavy atom. The maximum absolute atomic E-state index is 9.59. The Balaban J connectivity index is -0.0000000522. The molecule has 0 aromatic carbocycles. The number of carbonyl (C=O) groups excluding carboxylic acids is 3. The van der Waals surface area contributed by atoms with Gasteiger partial charge in [0.25, 0.3) is 0 Å². The SMILES string of the molecule is C.CC(C)=O.CC(C)=O.COC(C)=O. The van der Waals surface area contributed by atoms with Gasteiger partial charge >= 0.3 is 5.97 Å². The van der Waals surface area contributed by atoms with Crippen LogP contribution in [0.1, 0.15) is 42.0 Å². The van der Waals surface area contributed by atoms with Crippen molar-refractivity contribution in [1.82, 2.24) is 0 Å². The van der Waals surface area contributed by atoms with Crippen molar-refractivity contribution in [1.29, 1.82) is 0 Å². The second kappa shape index (κ2) is 17.8. The average Bonchev–Trinajstić information content (AvgIpc) is 1.84. The second-order valence-corrected chi connectivity index (χ2v) is 2.51. The highest BCUT2D eigenvalue weighted by Gasteiger charge is 1.75. The highest BCUT2D eigenvalue weighted by molar-refractivity contribution is 5.72. The van der Waals surface area contributed by atoms with Gasteiger partial charge in [-0.15, -0.1) is 0 Å². The van der Waals surface area contributed by atoms with Crippen LogP contribution >= 0.6 is 0 Å². The smallest absolute Gasteiger partial charge is 0.302 e. The van der Waals surface area contributed by atoms with E-state index >= 15 is 0 Å². The van der Waals surface area contributed by atoms with E-state index in [0.29, 0.717) is 0 Å². The molecule has 0 rings (SSSR count). The van der Waals surface area contributed by atoms with Crippen molar-refractivity contribution in [3.63, 3.8) is 0 Å². The molecule has 0 bridgehead atoms. The molecule has 86 valence electrons. The molecule has 0 fully saturated rings. The number of hydrogen-bond donors (Lipinski definition) is 0. The van der Waals surface area contributed by atoms with Gasteiger partial charge in [-0.05, 0) is 27.7 Å². The van der Waals surface area contributed by atoms with E-state index in [0.717, 1.165) is 0 Å². The average molecular weight is 206 g/mol. The molecule has 0 saturated heterocycles. The van der Waals surface area contributed by atoms with E-state index < -0.39 is 0 Å². The van der Waals surface area contributed by atoms with E-state index in [2.05, 4.69) is 4.74 Å². The minimum absolute atomic E-state index is 0. The lowest BCUT2D eigenvalue weighted by molar-refractivity contribution is -0.138. The fourth-order valence-electron chi connectivity index (χ4n) is 0. The van der Waals surface area contributed by atoms with Crippen molar-refractivity contribution in [2.75, 3.05) is 7.11 Å². The maximum atomic E-state index is 9.59. The molecule has 14 heavy (non-hydrogen) atoms. The maximum Gasteiger partial charge on any atom is 0.302 e. The van der Waals surface area contributed by atoms with Gasteiger partial charge in [-0.1, -0.05) is 7.43 Å². The standard InChI is InChI=1S/C3H6O2.2C3H6O.CH4/c1-3(4)5-2;2*1-3(2)4;/h1-2H3;2*1-2H3;1H4. The van der Waals surface area contributed by atoms with E-state index in [1.165, 1.54) is 41.7 Å². The Bertz CT molecular complexity index is 142. The first-order valence-corrected chi connectivity index (χ1v) is 3.72. The number of esters is 1. The molecule has 4 nitrogen and oxygen atoms in total. The minimum atomic E-state index is -0.245. The Morgan fingerprint density at radius 3 is 0.857 bits per heavy atom. The summed E-state index contributed by atoms with van der Waals surface area (Å²) in [6, 6.07) is 0. The number of ether oxygens (including phenoxy) is 1. The molecule has 0 atom stereocenters. The van der Waals surface area contributed by atoms with E-state index in [1.54, 1.807) is 0 Å². The van der Waals surface area contributed by atoms with Crippen LogP contribution in [0, 0.1) is 0 Å². The van der Waals surface area contributed by atoms with Gasteiger partial charge in [0.05, 0.1) is 7.11 Å². The first-order valence-electron chi connectivity index (χ1n) is 3.72. The molecular formula is C10H22O4.